The van der Waals surface area contributed by atoms with Gasteiger partial charge in [0.1, 0.15) is 13.2 Å². The maximum atomic E-state index is 12.8. The molecule has 0 aliphatic carbocycles. The standard InChI is InChI=1S/C57H98O6/c1-4-7-10-13-16-19-22-24-26-27-28-29-31-33-36-39-42-45-48-51-57(60)63-54(52-61-55(58)49-46-43-40-37-34-21-18-15-12-9-6-3)53-62-56(59)50-47-44-41-38-35-32-30-25-23-20-17-14-11-8-5-2/h15-16,18-19,24-26,28-30,33,36,54H,4-14,17,20-23,27,31-32,34-35,37-53H2,1-3H3/b18-15-,19-16-,26-24-,29-28-,30-25-,36-33-/t54-/m0/s1. The van der Waals surface area contributed by atoms with Crippen molar-refractivity contribution in [2.24, 2.45) is 0 Å². The Bertz CT molecular complexity index is 1190. The number of hydrogen-bond donors (Lipinski definition) is 0. The summed E-state index contributed by atoms with van der Waals surface area (Å²) >= 11 is 0. The van der Waals surface area contributed by atoms with Gasteiger partial charge in [-0.05, 0) is 109 Å². The number of carbonyl (C=O) groups is 3. The van der Waals surface area contributed by atoms with Crippen LogP contribution in [0.15, 0.2) is 72.9 Å². The number of allylic oxidation sites excluding steroid dienone is 12. The third-order valence-corrected chi connectivity index (χ3v) is 11.2. The summed E-state index contributed by atoms with van der Waals surface area (Å²) in [6.45, 7) is 6.53. The fourth-order valence-electron chi connectivity index (χ4n) is 7.11. The Labute approximate surface area is 389 Å². The molecule has 1 atom stereocenters. The highest BCUT2D eigenvalue weighted by molar-refractivity contribution is 5.71. The monoisotopic (exact) mass is 879 g/mol. The van der Waals surface area contributed by atoms with Crippen LogP contribution in [0.25, 0.3) is 0 Å². The molecular formula is C57H98O6. The number of hydrogen-bond acceptors (Lipinski definition) is 6. The summed E-state index contributed by atoms with van der Waals surface area (Å²) < 4.78 is 16.8. The Morgan fingerprint density at radius 3 is 1.00 bits per heavy atom. The second-order valence-electron chi connectivity index (χ2n) is 17.4. The minimum absolute atomic E-state index is 0.0954. The lowest BCUT2D eigenvalue weighted by atomic mass is 10.1. The number of carbonyl (C=O) groups excluding carboxylic acids is 3. The van der Waals surface area contributed by atoms with Gasteiger partial charge in [-0.15, -0.1) is 0 Å². The van der Waals surface area contributed by atoms with Crippen LogP contribution in [-0.2, 0) is 28.6 Å². The fourth-order valence-corrected chi connectivity index (χ4v) is 7.11. The van der Waals surface area contributed by atoms with Gasteiger partial charge in [0.15, 0.2) is 6.10 Å². The Kier molecular flexibility index (Phi) is 48.9. The number of rotatable bonds is 47. The smallest absolute Gasteiger partial charge is 0.306 e. The van der Waals surface area contributed by atoms with E-state index in [1.165, 1.54) is 109 Å². The third kappa shape index (κ3) is 49.7. The molecular weight excluding hydrogens is 781 g/mol. The lowest BCUT2D eigenvalue weighted by Gasteiger charge is -2.18. The van der Waals surface area contributed by atoms with Gasteiger partial charge >= 0.3 is 17.9 Å². The van der Waals surface area contributed by atoms with E-state index in [-0.39, 0.29) is 37.5 Å². The molecule has 0 spiro atoms. The SMILES string of the molecule is CCCC/C=C\CCCCCCCC(=O)OC[C@@H](COC(=O)CCCCCCC/C=C\CCCCCCCC)OC(=O)CCCCC/C=C\C/C=C\C/C=C\C/C=C\CCCCC. The zero-order valence-electron chi connectivity index (χ0n) is 41.3. The van der Waals surface area contributed by atoms with Crippen LogP contribution in [0.1, 0.15) is 252 Å². The van der Waals surface area contributed by atoms with Crippen molar-refractivity contribution in [2.45, 2.75) is 258 Å². The van der Waals surface area contributed by atoms with Crippen molar-refractivity contribution in [3.05, 3.63) is 72.9 Å². The summed E-state index contributed by atoms with van der Waals surface area (Å²) in [7, 11) is 0. The molecule has 0 saturated carbocycles. The molecule has 0 aromatic carbocycles. The highest BCUT2D eigenvalue weighted by Gasteiger charge is 2.19. The number of unbranched alkanes of at least 4 members (excludes halogenated alkanes) is 24. The topological polar surface area (TPSA) is 78.9 Å². The summed E-state index contributed by atoms with van der Waals surface area (Å²) in [4.78, 5) is 38.0. The van der Waals surface area contributed by atoms with Crippen molar-refractivity contribution in [2.75, 3.05) is 13.2 Å². The average Bonchev–Trinajstić information content (AvgIpc) is 3.28. The predicted octanol–water partition coefficient (Wildman–Crippen LogP) is 17.4. The average molecular weight is 879 g/mol. The Balaban J connectivity index is 4.45. The molecule has 6 heteroatoms. The van der Waals surface area contributed by atoms with Gasteiger partial charge in [-0.1, -0.05) is 196 Å². The molecule has 6 nitrogen and oxygen atoms in total. The molecule has 0 aromatic heterocycles. The molecule has 0 rings (SSSR count). The van der Waals surface area contributed by atoms with Crippen LogP contribution in [0, 0.1) is 0 Å². The van der Waals surface area contributed by atoms with Gasteiger partial charge in [0.05, 0.1) is 0 Å². The predicted molar refractivity (Wildman–Crippen MR) is 270 cm³/mol. The molecule has 0 bridgehead atoms. The van der Waals surface area contributed by atoms with Gasteiger partial charge in [0.2, 0.25) is 0 Å². The molecule has 0 aliphatic rings. The molecule has 362 valence electrons. The second kappa shape index (κ2) is 51.5. The molecule has 0 heterocycles. The van der Waals surface area contributed by atoms with Crippen LogP contribution in [-0.4, -0.2) is 37.2 Å². The van der Waals surface area contributed by atoms with E-state index < -0.39 is 6.10 Å². The molecule has 63 heavy (non-hydrogen) atoms. The van der Waals surface area contributed by atoms with E-state index in [1.54, 1.807) is 0 Å². The zero-order valence-corrected chi connectivity index (χ0v) is 41.3. The van der Waals surface area contributed by atoms with Crippen molar-refractivity contribution in [3.8, 4) is 0 Å². The molecule has 0 aromatic rings. The maximum Gasteiger partial charge on any atom is 0.306 e. The van der Waals surface area contributed by atoms with E-state index in [0.29, 0.717) is 12.8 Å². The summed E-state index contributed by atoms with van der Waals surface area (Å²) in [5.74, 6) is -0.943. The minimum Gasteiger partial charge on any atom is -0.462 e. The lowest BCUT2D eigenvalue weighted by Crippen LogP contribution is -2.30. The quantitative estimate of drug-likeness (QED) is 0.0262. The van der Waals surface area contributed by atoms with Gasteiger partial charge in [-0.2, -0.15) is 0 Å². The molecule has 0 saturated heterocycles. The molecule has 0 unspecified atom stereocenters. The van der Waals surface area contributed by atoms with Crippen LogP contribution in [0.3, 0.4) is 0 Å². The largest absolute Gasteiger partial charge is 0.462 e. The van der Waals surface area contributed by atoms with Gasteiger partial charge in [0, 0.05) is 19.3 Å². The molecule has 0 fully saturated rings. The van der Waals surface area contributed by atoms with E-state index in [1.807, 2.05) is 0 Å². The minimum atomic E-state index is -0.798. The maximum absolute atomic E-state index is 12.8. The summed E-state index contributed by atoms with van der Waals surface area (Å²) in [6, 6.07) is 0. The molecule has 0 amide bonds. The van der Waals surface area contributed by atoms with Crippen molar-refractivity contribution >= 4 is 17.9 Å². The Morgan fingerprint density at radius 1 is 0.317 bits per heavy atom. The first-order valence-electron chi connectivity index (χ1n) is 26.4. The third-order valence-electron chi connectivity index (χ3n) is 11.2. The summed E-state index contributed by atoms with van der Waals surface area (Å²) in [5.41, 5.74) is 0. The van der Waals surface area contributed by atoms with E-state index in [4.69, 9.17) is 14.2 Å². The van der Waals surface area contributed by atoms with Crippen molar-refractivity contribution < 1.29 is 28.6 Å². The summed E-state index contributed by atoms with van der Waals surface area (Å²) in [5, 5.41) is 0. The van der Waals surface area contributed by atoms with Crippen LogP contribution in [0.5, 0.6) is 0 Å². The van der Waals surface area contributed by atoms with E-state index >= 15 is 0 Å². The van der Waals surface area contributed by atoms with Crippen LogP contribution in [0.2, 0.25) is 0 Å². The molecule has 0 aliphatic heterocycles. The number of esters is 3. The first-order valence-corrected chi connectivity index (χ1v) is 26.4. The van der Waals surface area contributed by atoms with E-state index in [0.717, 1.165) is 103 Å². The Morgan fingerprint density at radius 2 is 0.587 bits per heavy atom. The lowest BCUT2D eigenvalue weighted by molar-refractivity contribution is -0.167. The normalized spacial score (nSPS) is 12.6. The van der Waals surface area contributed by atoms with Gasteiger partial charge in [-0.3, -0.25) is 14.4 Å². The first-order chi connectivity index (χ1) is 31.0. The fraction of sp³-hybridized carbons (Fsp3) is 0.737. The Hall–Kier alpha value is -3.15. The second-order valence-corrected chi connectivity index (χ2v) is 17.4. The zero-order chi connectivity index (χ0) is 45.8. The van der Waals surface area contributed by atoms with Gasteiger partial charge in [0.25, 0.3) is 0 Å². The van der Waals surface area contributed by atoms with Gasteiger partial charge < -0.3 is 14.2 Å². The van der Waals surface area contributed by atoms with Crippen molar-refractivity contribution in [3.63, 3.8) is 0 Å². The first kappa shape index (κ1) is 59.9. The summed E-state index contributed by atoms with van der Waals surface area (Å²) in [6.07, 6.45) is 64.5. The van der Waals surface area contributed by atoms with Crippen molar-refractivity contribution in [1.29, 1.82) is 0 Å². The van der Waals surface area contributed by atoms with Crippen LogP contribution < -0.4 is 0 Å². The van der Waals surface area contributed by atoms with Crippen LogP contribution >= 0.6 is 0 Å². The highest BCUT2D eigenvalue weighted by atomic mass is 16.6. The van der Waals surface area contributed by atoms with E-state index in [9.17, 15) is 14.4 Å². The van der Waals surface area contributed by atoms with E-state index in [2.05, 4.69) is 93.7 Å². The highest BCUT2D eigenvalue weighted by Crippen LogP contribution is 2.13. The molecule has 0 radical (unpaired) electrons. The molecule has 0 N–H and O–H groups in total. The van der Waals surface area contributed by atoms with Crippen LogP contribution in [0.4, 0.5) is 0 Å². The van der Waals surface area contributed by atoms with Crippen molar-refractivity contribution in [1.82, 2.24) is 0 Å². The van der Waals surface area contributed by atoms with Gasteiger partial charge in [-0.25, -0.2) is 0 Å². The number of ether oxygens (including phenoxy) is 3.